The maximum absolute atomic E-state index is 11.1. The molecule has 7 heteroatoms. The molecule has 0 bridgehead atoms. The maximum atomic E-state index is 11.1. The average molecular weight is 361 g/mol. The molecule has 2 unspecified atom stereocenters. The van der Waals surface area contributed by atoms with Gasteiger partial charge in [0, 0.05) is 16.8 Å². The normalized spacial score (nSPS) is 20.1. The number of anilines is 1. The van der Waals surface area contributed by atoms with Crippen molar-refractivity contribution in [3.63, 3.8) is 0 Å². The number of nitrogens with zero attached hydrogens (tertiary/aromatic N) is 1. The minimum atomic E-state index is -0.808. The van der Waals surface area contributed by atoms with E-state index in [0.717, 1.165) is 31.7 Å². The molecule has 0 spiro atoms. The molecule has 2 aromatic carbocycles. The van der Waals surface area contributed by atoms with E-state index in [-0.39, 0.29) is 5.37 Å². The summed E-state index contributed by atoms with van der Waals surface area (Å²) in [7, 11) is 0. The summed E-state index contributed by atoms with van der Waals surface area (Å²) in [6.07, 6.45) is 0. The number of nitrogens with two attached hydrogens (primary N) is 1. The molecule has 0 amide bonds. The fraction of sp³-hybridized carbons (Fsp3) is 0.294. The van der Waals surface area contributed by atoms with Crippen molar-refractivity contribution in [1.82, 2.24) is 10.3 Å². The zero-order chi connectivity index (χ0) is 17.3. The van der Waals surface area contributed by atoms with Gasteiger partial charge in [-0.1, -0.05) is 26.0 Å². The van der Waals surface area contributed by atoms with Crippen molar-refractivity contribution in [2.24, 2.45) is 0 Å². The molecule has 0 saturated carbocycles. The average Bonchev–Trinajstić information content (AvgIpc) is 3.23. The van der Waals surface area contributed by atoms with Gasteiger partial charge in [0.05, 0.1) is 10.2 Å². The van der Waals surface area contributed by atoms with Crippen LogP contribution in [-0.4, -0.2) is 27.9 Å². The number of aromatic nitrogens is 1. The molecule has 2 heterocycles. The van der Waals surface area contributed by atoms with E-state index in [2.05, 4.69) is 10.3 Å². The second-order valence-electron chi connectivity index (χ2n) is 5.22. The zero-order valence-electron chi connectivity index (χ0n) is 13.4. The smallest absolute Gasteiger partial charge is 0.321 e. The first-order valence-electron chi connectivity index (χ1n) is 7.81. The molecule has 1 aliphatic rings. The SMILES string of the molecule is CC.Nc1ccc2c(ccc3nc(C4NC(C(=O)O)CS4)sc32)c1. The van der Waals surface area contributed by atoms with Crippen LogP contribution < -0.4 is 11.1 Å². The summed E-state index contributed by atoms with van der Waals surface area (Å²) in [5, 5.41) is 15.3. The van der Waals surface area contributed by atoms with E-state index in [4.69, 9.17) is 10.8 Å². The molecule has 1 saturated heterocycles. The second kappa shape index (κ2) is 6.96. The molecule has 2 atom stereocenters. The number of carboxylic acid groups (broad SMARTS) is 1. The number of thiazole rings is 1. The number of nitrogens with one attached hydrogen (secondary N) is 1. The topological polar surface area (TPSA) is 88.2 Å². The molecule has 0 aliphatic carbocycles. The lowest BCUT2D eigenvalue weighted by atomic mass is 10.1. The second-order valence-corrected chi connectivity index (χ2v) is 7.39. The highest BCUT2D eigenvalue weighted by Crippen LogP contribution is 2.39. The van der Waals surface area contributed by atoms with Crippen LogP contribution in [0.4, 0.5) is 5.69 Å². The lowest BCUT2D eigenvalue weighted by Gasteiger charge is -2.06. The Hall–Kier alpha value is -1.83. The number of rotatable bonds is 2. The van der Waals surface area contributed by atoms with Gasteiger partial charge in [-0.3, -0.25) is 10.1 Å². The molecule has 24 heavy (non-hydrogen) atoms. The molecule has 1 fully saturated rings. The number of nitrogen functional groups attached to an aromatic ring is 1. The zero-order valence-corrected chi connectivity index (χ0v) is 15.1. The minimum absolute atomic E-state index is 0.0534. The largest absolute Gasteiger partial charge is 0.480 e. The van der Waals surface area contributed by atoms with Crippen LogP contribution in [0.15, 0.2) is 30.3 Å². The van der Waals surface area contributed by atoms with Crippen LogP contribution in [-0.2, 0) is 4.79 Å². The summed E-state index contributed by atoms with van der Waals surface area (Å²) in [6.45, 7) is 4.00. The van der Waals surface area contributed by atoms with Gasteiger partial charge < -0.3 is 10.8 Å². The Morgan fingerprint density at radius 1 is 1.33 bits per heavy atom. The minimum Gasteiger partial charge on any atom is -0.480 e. The van der Waals surface area contributed by atoms with Crippen LogP contribution in [0.2, 0.25) is 0 Å². The highest BCUT2D eigenvalue weighted by atomic mass is 32.2. The van der Waals surface area contributed by atoms with Gasteiger partial charge in [-0.2, -0.15) is 0 Å². The quantitative estimate of drug-likeness (QED) is 0.601. The molecular formula is C17H19N3O2S2. The Morgan fingerprint density at radius 3 is 2.83 bits per heavy atom. The van der Waals surface area contributed by atoms with Crippen molar-refractivity contribution < 1.29 is 9.90 Å². The number of fused-ring (bicyclic) bond motifs is 3. The van der Waals surface area contributed by atoms with Crippen LogP contribution >= 0.6 is 23.1 Å². The van der Waals surface area contributed by atoms with E-state index in [1.165, 1.54) is 0 Å². The molecule has 5 nitrogen and oxygen atoms in total. The van der Waals surface area contributed by atoms with Crippen molar-refractivity contribution in [1.29, 1.82) is 0 Å². The summed E-state index contributed by atoms with van der Waals surface area (Å²) in [6, 6.07) is 9.38. The summed E-state index contributed by atoms with van der Waals surface area (Å²) in [5.41, 5.74) is 7.52. The number of aliphatic carboxylic acids is 1. The molecule has 0 radical (unpaired) electrons. The summed E-state index contributed by atoms with van der Waals surface area (Å²) in [5.74, 6) is -0.246. The third kappa shape index (κ3) is 3.07. The van der Waals surface area contributed by atoms with E-state index in [1.807, 2.05) is 44.2 Å². The third-order valence-corrected chi connectivity index (χ3v) is 6.25. The number of carboxylic acids is 1. The Morgan fingerprint density at radius 2 is 2.12 bits per heavy atom. The molecule has 4 rings (SSSR count). The number of carbonyl (C=O) groups is 1. The van der Waals surface area contributed by atoms with Gasteiger partial charge >= 0.3 is 5.97 Å². The van der Waals surface area contributed by atoms with Crippen molar-refractivity contribution in [3.05, 3.63) is 35.3 Å². The molecule has 4 N–H and O–H groups in total. The number of thioether (sulfide) groups is 1. The van der Waals surface area contributed by atoms with Gasteiger partial charge in [-0.05, 0) is 23.6 Å². The maximum Gasteiger partial charge on any atom is 0.321 e. The predicted octanol–water partition coefficient (Wildman–Crippen LogP) is 3.85. The Labute approximate surface area is 148 Å². The van der Waals surface area contributed by atoms with Gasteiger partial charge in [0.25, 0.3) is 0 Å². The Kier molecular flexibility index (Phi) is 4.93. The monoisotopic (exact) mass is 361 g/mol. The summed E-state index contributed by atoms with van der Waals surface area (Å²) < 4.78 is 1.12. The molecular weight excluding hydrogens is 342 g/mol. The lowest BCUT2D eigenvalue weighted by molar-refractivity contribution is -0.138. The van der Waals surface area contributed by atoms with E-state index >= 15 is 0 Å². The van der Waals surface area contributed by atoms with Gasteiger partial charge in [0.2, 0.25) is 0 Å². The lowest BCUT2D eigenvalue weighted by Crippen LogP contribution is -2.33. The first kappa shape index (κ1) is 17.0. The fourth-order valence-corrected chi connectivity index (χ4v) is 5.09. The highest BCUT2D eigenvalue weighted by Gasteiger charge is 2.32. The van der Waals surface area contributed by atoms with E-state index in [1.54, 1.807) is 23.1 Å². The van der Waals surface area contributed by atoms with Crippen LogP contribution in [0.3, 0.4) is 0 Å². The Bertz CT molecular complexity index is 894. The fourth-order valence-electron chi connectivity index (χ4n) is 2.62. The van der Waals surface area contributed by atoms with Crippen LogP contribution in [0.5, 0.6) is 0 Å². The number of benzene rings is 2. The Balaban J connectivity index is 0.000000815. The van der Waals surface area contributed by atoms with Crippen LogP contribution in [0.1, 0.15) is 24.2 Å². The molecule has 1 aromatic heterocycles. The third-order valence-electron chi connectivity index (χ3n) is 3.72. The van der Waals surface area contributed by atoms with Crippen molar-refractivity contribution in [3.8, 4) is 0 Å². The first-order valence-corrected chi connectivity index (χ1v) is 9.67. The van der Waals surface area contributed by atoms with Crippen molar-refractivity contribution in [2.45, 2.75) is 25.3 Å². The standard InChI is InChI=1S/C15H13N3O2S2.C2H6/c16-8-2-3-9-7(5-8)1-4-10-12(9)22-14(17-10)13-18-11(6-21-13)15(19)20;1-2/h1-5,11,13,18H,6,16H2,(H,19,20);1-2H3. The van der Waals surface area contributed by atoms with Crippen LogP contribution in [0.25, 0.3) is 21.0 Å². The van der Waals surface area contributed by atoms with E-state index in [0.29, 0.717) is 5.75 Å². The van der Waals surface area contributed by atoms with E-state index in [9.17, 15) is 4.79 Å². The van der Waals surface area contributed by atoms with Crippen molar-refractivity contribution in [2.75, 3.05) is 11.5 Å². The van der Waals surface area contributed by atoms with Gasteiger partial charge in [-0.15, -0.1) is 23.1 Å². The van der Waals surface area contributed by atoms with Gasteiger partial charge in [-0.25, -0.2) is 4.98 Å². The molecule has 3 aromatic rings. The summed E-state index contributed by atoms with van der Waals surface area (Å²) >= 11 is 3.21. The highest BCUT2D eigenvalue weighted by molar-refractivity contribution is 7.99. The van der Waals surface area contributed by atoms with E-state index < -0.39 is 12.0 Å². The number of hydrogen-bond donors (Lipinski definition) is 3. The summed E-state index contributed by atoms with van der Waals surface area (Å²) in [4.78, 5) is 15.7. The van der Waals surface area contributed by atoms with Crippen LogP contribution in [0, 0.1) is 0 Å². The van der Waals surface area contributed by atoms with Crippen molar-refractivity contribution >= 4 is 55.7 Å². The first-order chi connectivity index (χ1) is 11.6. The number of hydrogen-bond acceptors (Lipinski definition) is 6. The predicted molar refractivity (Wildman–Crippen MR) is 103 cm³/mol. The van der Waals surface area contributed by atoms with Gasteiger partial charge in [0.1, 0.15) is 16.4 Å². The van der Waals surface area contributed by atoms with Gasteiger partial charge in [0.15, 0.2) is 0 Å². The molecule has 126 valence electrons. The molecule has 1 aliphatic heterocycles.